The molecule has 3 nitrogen and oxygen atoms in total. The van der Waals surface area contributed by atoms with E-state index in [9.17, 15) is 4.39 Å². The number of hydrogen-bond donors (Lipinski definition) is 1. The predicted octanol–water partition coefficient (Wildman–Crippen LogP) is 3.51. The summed E-state index contributed by atoms with van der Waals surface area (Å²) >= 11 is 0. The smallest absolute Gasteiger partial charge is 0.161 e. The van der Waals surface area contributed by atoms with E-state index < -0.39 is 6.04 Å². The first-order valence-corrected chi connectivity index (χ1v) is 6.72. The van der Waals surface area contributed by atoms with E-state index in [0.29, 0.717) is 22.6 Å². The minimum absolute atomic E-state index is 0.265. The second-order valence-electron chi connectivity index (χ2n) is 5.02. The van der Waals surface area contributed by atoms with Gasteiger partial charge in [0.15, 0.2) is 11.5 Å². The van der Waals surface area contributed by atoms with Gasteiger partial charge in [0.25, 0.3) is 0 Å². The highest BCUT2D eigenvalue weighted by Gasteiger charge is 2.19. The first-order chi connectivity index (χ1) is 9.99. The number of aryl methyl sites for hydroxylation is 2. The minimum Gasteiger partial charge on any atom is -0.493 e. The number of rotatable bonds is 4. The lowest BCUT2D eigenvalue weighted by Gasteiger charge is -2.19. The van der Waals surface area contributed by atoms with Crippen molar-refractivity contribution in [3.8, 4) is 11.5 Å². The lowest BCUT2D eigenvalue weighted by molar-refractivity contribution is 0.354. The van der Waals surface area contributed by atoms with Gasteiger partial charge in [0.2, 0.25) is 0 Å². The van der Waals surface area contributed by atoms with Crippen LogP contribution in [0.1, 0.15) is 28.3 Å². The highest BCUT2D eigenvalue weighted by molar-refractivity contribution is 5.50. The van der Waals surface area contributed by atoms with Gasteiger partial charge in [-0.25, -0.2) is 4.39 Å². The van der Waals surface area contributed by atoms with Crippen molar-refractivity contribution in [2.75, 3.05) is 14.2 Å². The molecule has 0 fully saturated rings. The SMILES string of the molecule is COc1cc(C)c(C(N)c2cccc(C)c2F)cc1OC. The summed E-state index contributed by atoms with van der Waals surface area (Å²) in [6, 6.07) is 8.35. The number of nitrogens with two attached hydrogens (primary N) is 1. The Bertz CT molecular complexity index is 655. The Morgan fingerprint density at radius 3 is 2.19 bits per heavy atom. The Kier molecular flexibility index (Phi) is 4.48. The summed E-state index contributed by atoms with van der Waals surface area (Å²) in [6.45, 7) is 3.65. The minimum atomic E-state index is -0.551. The molecule has 2 N–H and O–H groups in total. The molecule has 0 amide bonds. The zero-order valence-electron chi connectivity index (χ0n) is 12.7. The summed E-state index contributed by atoms with van der Waals surface area (Å²) in [7, 11) is 3.15. The molecule has 2 aromatic carbocycles. The van der Waals surface area contributed by atoms with Crippen molar-refractivity contribution in [1.82, 2.24) is 0 Å². The molecule has 0 aliphatic heterocycles. The van der Waals surface area contributed by atoms with Crippen molar-refractivity contribution in [2.24, 2.45) is 5.73 Å². The van der Waals surface area contributed by atoms with Crippen LogP contribution in [-0.2, 0) is 0 Å². The Morgan fingerprint density at radius 2 is 1.57 bits per heavy atom. The van der Waals surface area contributed by atoms with Crippen LogP contribution < -0.4 is 15.2 Å². The van der Waals surface area contributed by atoms with Gasteiger partial charge in [0.05, 0.1) is 20.3 Å². The largest absolute Gasteiger partial charge is 0.493 e. The van der Waals surface area contributed by atoms with Crippen LogP contribution in [0.25, 0.3) is 0 Å². The fourth-order valence-electron chi connectivity index (χ4n) is 2.41. The molecule has 0 aromatic heterocycles. The molecule has 0 bridgehead atoms. The van der Waals surface area contributed by atoms with Gasteiger partial charge in [-0.05, 0) is 42.7 Å². The third-order valence-electron chi connectivity index (χ3n) is 3.66. The second-order valence-corrected chi connectivity index (χ2v) is 5.02. The average Bonchev–Trinajstić information content (AvgIpc) is 2.49. The van der Waals surface area contributed by atoms with Crippen molar-refractivity contribution in [3.63, 3.8) is 0 Å². The highest BCUT2D eigenvalue weighted by Crippen LogP contribution is 2.34. The molecule has 0 spiro atoms. The van der Waals surface area contributed by atoms with Gasteiger partial charge in [-0.3, -0.25) is 0 Å². The third-order valence-corrected chi connectivity index (χ3v) is 3.66. The van der Waals surface area contributed by atoms with Crippen molar-refractivity contribution >= 4 is 0 Å². The summed E-state index contributed by atoms with van der Waals surface area (Å²) in [5.74, 6) is 0.955. The maximum Gasteiger partial charge on any atom is 0.161 e. The van der Waals surface area contributed by atoms with E-state index in [4.69, 9.17) is 15.2 Å². The van der Waals surface area contributed by atoms with Crippen molar-refractivity contribution in [2.45, 2.75) is 19.9 Å². The number of ether oxygens (including phenoxy) is 2. The van der Waals surface area contributed by atoms with E-state index in [2.05, 4.69) is 0 Å². The van der Waals surface area contributed by atoms with E-state index in [1.807, 2.05) is 19.1 Å². The maximum atomic E-state index is 14.3. The molecule has 0 aliphatic rings. The molecule has 2 aromatic rings. The predicted molar refractivity (Wildman–Crippen MR) is 81.5 cm³/mol. The molecular weight excluding hydrogens is 269 g/mol. The number of halogens is 1. The van der Waals surface area contributed by atoms with Gasteiger partial charge in [-0.2, -0.15) is 0 Å². The van der Waals surface area contributed by atoms with Crippen molar-refractivity contribution in [3.05, 3.63) is 58.4 Å². The third kappa shape index (κ3) is 2.85. The molecule has 2 rings (SSSR count). The fraction of sp³-hybridized carbons (Fsp3) is 0.294. The molecule has 21 heavy (non-hydrogen) atoms. The maximum absolute atomic E-state index is 14.3. The Hall–Kier alpha value is -2.07. The van der Waals surface area contributed by atoms with E-state index in [0.717, 1.165) is 11.1 Å². The lowest BCUT2D eigenvalue weighted by Crippen LogP contribution is -2.15. The normalized spacial score (nSPS) is 12.1. The number of hydrogen-bond acceptors (Lipinski definition) is 3. The first-order valence-electron chi connectivity index (χ1n) is 6.72. The molecule has 0 saturated heterocycles. The van der Waals surface area contributed by atoms with E-state index >= 15 is 0 Å². The number of benzene rings is 2. The Morgan fingerprint density at radius 1 is 0.952 bits per heavy atom. The van der Waals surface area contributed by atoms with Crippen LogP contribution in [-0.4, -0.2) is 14.2 Å². The quantitative estimate of drug-likeness (QED) is 0.936. The molecule has 4 heteroatoms. The van der Waals surface area contributed by atoms with Gasteiger partial charge in [0, 0.05) is 5.56 Å². The van der Waals surface area contributed by atoms with Gasteiger partial charge in [0.1, 0.15) is 5.82 Å². The molecule has 0 radical (unpaired) electrons. The Labute approximate surface area is 124 Å². The first kappa shape index (κ1) is 15.3. The van der Waals surface area contributed by atoms with Crippen LogP contribution in [0, 0.1) is 19.7 Å². The molecule has 1 unspecified atom stereocenters. The van der Waals surface area contributed by atoms with Crippen LogP contribution in [0.4, 0.5) is 4.39 Å². The van der Waals surface area contributed by atoms with Crippen LogP contribution >= 0.6 is 0 Å². The van der Waals surface area contributed by atoms with Crippen LogP contribution in [0.3, 0.4) is 0 Å². The molecule has 0 saturated carbocycles. The zero-order valence-corrected chi connectivity index (χ0v) is 12.7. The van der Waals surface area contributed by atoms with Crippen LogP contribution in [0.2, 0.25) is 0 Å². The average molecular weight is 289 g/mol. The van der Waals surface area contributed by atoms with Gasteiger partial charge in [-0.1, -0.05) is 18.2 Å². The summed E-state index contributed by atoms with van der Waals surface area (Å²) < 4.78 is 24.8. The van der Waals surface area contributed by atoms with Crippen molar-refractivity contribution in [1.29, 1.82) is 0 Å². The van der Waals surface area contributed by atoms with Crippen LogP contribution in [0.15, 0.2) is 30.3 Å². The molecule has 0 aliphatic carbocycles. The monoisotopic (exact) mass is 289 g/mol. The molecule has 0 heterocycles. The van der Waals surface area contributed by atoms with Gasteiger partial charge < -0.3 is 15.2 Å². The highest BCUT2D eigenvalue weighted by atomic mass is 19.1. The Balaban J connectivity index is 2.53. The van der Waals surface area contributed by atoms with Crippen LogP contribution in [0.5, 0.6) is 11.5 Å². The number of methoxy groups -OCH3 is 2. The molecule has 1 atom stereocenters. The standard InChI is InChI=1S/C17H20FNO2/c1-10-6-5-7-12(16(10)18)17(19)13-9-15(21-4)14(20-3)8-11(13)2/h5-9,17H,19H2,1-4H3. The van der Waals surface area contributed by atoms with E-state index in [1.54, 1.807) is 39.3 Å². The van der Waals surface area contributed by atoms with Gasteiger partial charge >= 0.3 is 0 Å². The summed E-state index contributed by atoms with van der Waals surface area (Å²) in [5.41, 5.74) is 9.08. The van der Waals surface area contributed by atoms with Gasteiger partial charge in [-0.15, -0.1) is 0 Å². The zero-order chi connectivity index (χ0) is 15.6. The summed E-state index contributed by atoms with van der Waals surface area (Å²) in [4.78, 5) is 0. The summed E-state index contributed by atoms with van der Waals surface area (Å²) in [5, 5.41) is 0. The lowest BCUT2D eigenvalue weighted by atomic mass is 9.94. The second kappa shape index (κ2) is 6.14. The molecular formula is C17H20FNO2. The topological polar surface area (TPSA) is 44.5 Å². The van der Waals surface area contributed by atoms with E-state index in [1.165, 1.54) is 0 Å². The van der Waals surface area contributed by atoms with Crippen molar-refractivity contribution < 1.29 is 13.9 Å². The molecule has 112 valence electrons. The van der Waals surface area contributed by atoms with E-state index in [-0.39, 0.29) is 5.82 Å². The fourth-order valence-corrected chi connectivity index (χ4v) is 2.41. The summed E-state index contributed by atoms with van der Waals surface area (Å²) in [6.07, 6.45) is 0.